The summed E-state index contributed by atoms with van der Waals surface area (Å²) in [5.41, 5.74) is 6.67. The molecule has 54 valence electrons. The fourth-order valence-electron chi connectivity index (χ4n) is 0.935. The van der Waals surface area contributed by atoms with Crippen LogP contribution >= 0.6 is 11.3 Å². The Hall–Kier alpha value is -0.570. The summed E-state index contributed by atoms with van der Waals surface area (Å²) in [6.07, 6.45) is 2.62. The third-order valence-corrected chi connectivity index (χ3v) is 2.92. The monoisotopic (exact) mass is 154 g/mol. The normalized spacial score (nSPS) is 17.7. The molecular formula is C7H10N2S. The second-order valence-corrected chi connectivity index (χ2v) is 3.84. The zero-order valence-corrected chi connectivity index (χ0v) is 6.74. The maximum absolute atomic E-state index is 5.66. The van der Waals surface area contributed by atoms with Gasteiger partial charge in [0.2, 0.25) is 0 Å². The van der Waals surface area contributed by atoms with Gasteiger partial charge in [0.25, 0.3) is 0 Å². The van der Waals surface area contributed by atoms with Gasteiger partial charge in [-0.15, -0.1) is 11.3 Å². The SMILES string of the molecule is Cc1nc(C2CC2)sc1N. The van der Waals surface area contributed by atoms with Crippen molar-refractivity contribution in [3.63, 3.8) is 0 Å². The summed E-state index contributed by atoms with van der Waals surface area (Å²) in [7, 11) is 0. The van der Waals surface area contributed by atoms with Crippen LogP contribution in [0.15, 0.2) is 0 Å². The van der Waals surface area contributed by atoms with E-state index in [4.69, 9.17) is 5.73 Å². The first-order chi connectivity index (χ1) is 4.77. The van der Waals surface area contributed by atoms with Crippen LogP contribution in [-0.2, 0) is 0 Å². The van der Waals surface area contributed by atoms with Gasteiger partial charge < -0.3 is 5.73 Å². The predicted molar refractivity (Wildman–Crippen MR) is 43.2 cm³/mol. The molecule has 2 nitrogen and oxygen atoms in total. The standard InChI is InChI=1S/C7H10N2S/c1-4-6(8)10-7(9-4)5-2-3-5/h5H,2-3,8H2,1H3. The van der Waals surface area contributed by atoms with Crippen molar-refractivity contribution in [2.45, 2.75) is 25.7 Å². The number of anilines is 1. The minimum Gasteiger partial charge on any atom is -0.389 e. The molecule has 0 spiro atoms. The minimum absolute atomic E-state index is 0.751. The largest absolute Gasteiger partial charge is 0.389 e. The predicted octanol–water partition coefficient (Wildman–Crippen LogP) is 1.91. The third-order valence-electron chi connectivity index (χ3n) is 1.78. The summed E-state index contributed by atoms with van der Waals surface area (Å²) in [6, 6.07) is 0. The summed E-state index contributed by atoms with van der Waals surface area (Å²) >= 11 is 1.65. The molecule has 1 aliphatic rings. The molecule has 0 unspecified atom stereocenters. The van der Waals surface area contributed by atoms with Gasteiger partial charge in [0.15, 0.2) is 0 Å². The molecule has 3 heteroatoms. The lowest BCUT2D eigenvalue weighted by Crippen LogP contribution is -1.81. The zero-order chi connectivity index (χ0) is 7.14. The summed E-state index contributed by atoms with van der Waals surface area (Å²) in [5.74, 6) is 0.751. The highest BCUT2D eigenvalue weighted by Gasteiger charge is 2.27. The summed E-state index contributed by atoms with van der Waals surface area (Å²) in [6.45, 7) is 1.97. The Balaban J connectivity index is 2.34. The topological polar surface area (TPSA) is 38.9 Å². The second-order valence-electron chi connectivity index (χ2n) is 2.78. The van der Waals surface area contributed by atoms with Gasteiger partial charge in [-0.2, -0.15) is 0 Å². The smallest absolute Gasteiger partial charge is 0.109 e. The van der Waals surface area contributed by atoms with Gasteiger partial charge in [0.05, 0.1) is 10.7 Å². The number of rotatable bonds is 1. The first-order valence-corrected chi connectivity index (χ1v) is 4.32. The van der Waals surface area contributed by atoms with Crippen LogP contribution in [0.25, 0.3) is 0 Å². The van der Waals surface area contributed by atoms with Crippen LogP contribution in [0.5, 0.6) is 0 Å². The van der Waals surface area contributed by atoms with E-state index in [1.54, 1.807) is 11.3 Å². The van der Waals surface area contributed by atoms with Gasteiger partial charge in [0.1, 0.15) is 5.00 Å². The van der Waals surface area contributed by atoms with Crippen molar-refractivity contribution in [2.24, 2.45) is 0 Å². The summed E-state index contributed by atoms with van der Waals surface area (Å²) < 4.78 is 0. The third kappa shape index (κ3) is 0.904. The van der Waals surface area contributed by atoms with E-state index in [0.29, 0.717) is 0 Å². The zero-order valence-electron chi connectivity index (χ0n) is 5.92. The molecule has 0 aromatic carbocycles. The molecule has 0 bridgehead atoms. The van der Waals surface area contributed by atoms with Crippen LogP contribution in [0.1, 0.15) is 29.5 Å². The Bertz CT molecular complexity index is 231. The number of hydrogen-bond donors (Lipinski definition) is 1. The highest BCUT2D eigenvalue weighted by atomic mass is 32.1. The van der Waals surface area contributed by atoms with Gasteiger partial charge in [-0.1, -0.05) is 0 Å². The van der Waals surface area contributed by atoms with Gasteiger partial charge >= 0.3 is 0 Å². The fourth-order valence-corrected chi connectivity index (χ4v) is 1.94. The van der Waals surface area contributed by atoms with Crippen molar-refractivity contribution in [3.05, 3.63) is 10.7 Å². The average Bonchev–Trinajstić information content (AvgIpc) is 2.64. The lowest BCUT2D eigenvalue weighted by Gasteiger charge is -1.82. The molecule has 1 aliphatic carbocycles. The number of nitrogens with zero attached hydrogens (tertiary/aromatic N) is 1. The molecule has 0 aliphatic heterocycles. The van der Waals surface area contributed by atoms with E-state index in [-0.39, 0.29) is 0 Å². The Morgan fingerprint density at radius 1 is 1.60 bits per heavy atom. The average molecular weight is 154 g/mol. The van der Waals surface area contributed by atoms with E-state index in [0.717, 1.165) is 16.6 Å². The van der Waals surface area contributed by atoms with E-state index in [9.17, 15) is 0 Å². The van der Waals surface area contributed by atoms with Crippen LogP contribution in [0, 0.1) is 6.92 Å². The van der Waals surface area contributed by atoms with E-state index >= 15 is 0 Å². The Morgan fingerprint density at radius 2 is 2.30 bits per heavy atom. The number of nitrogen functional groups attached to an aromatic ring is 1. The molecule has 2 rings (SSSR count). The highest BCUT2D eigenvalue weighted by Crippen LogP contribution is 2.43. The maximum Gasteiger partial charge on any atom is 0.109 e. The van der Waals surface area contributed by atoms with Crippen molar-refractivity contribution >= 4 is 16.3 Å². The number of aromatic nitrogens is 1. The van der Waals surface area contributed by atoms with E-state index in [1.165, 1.54) is 17.8 Å². The first kappa shape index (κ1) is 6.16. The lowest BCUT2D eigenvalue weighted by atomic mass is 10.4. The quantitative estimate of drug-likeness (QED) is 0.671. The van der Waals surface area contributed by atoms with Crippen LogP contribution in [0.3, 0.4) is 0 Å². The van der Waals surface area contributed by atoms with E-state index < -0.39 is 0 Å². The van der Waals surface area contributed by atoms with Gasteiger partial charge in [-0.05, 0) is 19.8 Å². The van der Waals surface area contributed by atoms with Crippen LogP contribution < -0.4 is 5.73 Å². The van der Waals surface area contributed by atoms with E-state index in [2.05, 4.69) is 4.98 Å². The molecule has 0 radical (unpaired) electrons. The molecule has 1 heterocycles. The minimum atomic E-state index is 0.751. The van der Waals surface area contributed by atoms with Crippen LogP contribution in [-0.4, -0.2) is 4.98 Å². The molecule has 1 aromatic rings. The molecule has 0 saturated heterocycles. The molecule has 0 atom stereocenters. The maximum atomic E-state index is 5.66. The van der Waals surface area contributed by atoms with Crippen molar-refractivity contribution in [2.75, 3.05) is 5.73 Å². The van der Waals surface area contributed by atoms with Crippen molar-refractivity contribution in [1.82, 2.24) is 4.98 Å². The van der Waals surface area contributed by atoms with Gasteiger partial charge in [-0.25, -0.2) is 4.98 Å². The molecule has 2 N–H and O–H groups in total. The Labute approximate surface area is 64.1 Å². The summed E-state index contributed by atoms with van der Waals surface area (Å²) in [4.78, 5) is 4.37. The lowest BCUT2D eigenvalue weighted by molar-refractivity contribution is 1.06. The number of hydrogen-bond acceptors (Lipinski definition) is 3. The number of aryl methyl sites for hydroxylation is 1. The Kier molecular flexibility index (Phi) is 1.20. The molecule has 1 aromatic heterocycles. The van der Waals surface area contributed by atoms with Crippen LogP contribution in [0.2, 0.25) is 0 Å². The second kappa shape index (κ2) is 1.95. The number of nitrogens with two attached hydrogens (primary N) is 1. The first-order valence-electron chi connectivity index (χ1n) is 3.50. The van der Waals surface area contributed by atoms with Crippen molar-refractivity contribution in [1.29, 1.82) is 0 Å². The molecule has 1 saturated carbocycles. The van der Waals surface area contributed by atoms with Crippen LogP contribution in [0.4, 0.5) is 5.00 Å². The van der Waals surface area contributed by atoms with Gasteiger partial charge in [0, 0.05) is 5.92 Å². The molecule has 10 heavy (non-hydrogen) atoms. The van der Waals surface area contributed by atoms with Crippen molar-refractivity contribution in [3.8, 4) is 0 Å². The fraction of sp³-hybridized carbons (Fsp3) is 0.571. The summed E-state index contributed by atoms with van der Waals surface area (Å²) in [5, 5.41) is 2.14. The molecule has 1 fully saturated rings. The molecular weight excluding hydrogens is 144 g/mol. The molecule has 0 amide bonds. The highest BCUT2D eigenvalue weighted by molar-refractivity contribution is 7.15. The van der Waals surface area contributed by atoms with Gasteiger partial charge in [-0.3, -0.25) is 0 Å². The number of thiazole rings is 1. The van der Waals surface area contributed by atoms with E-state index in [1.807, 2.05) is 6.92 Å². The van der Waals surface area contributed by atoms with Crippen molar-refractivity contribution < 1.29 is 0 Å². The Morgan fingerprint density at radius 3 is 2.70 bits per heavy atom.